The van der Waals surface area contributed by atoms with Gasteiger partial charge in [-0.1, -0.05) is 24.3 Å². The first kappa shape index (κ1) is 22.1. The number of aromatic nitrogens is 2. The number of alkyl halides is 2. The number of carbonyl (C=O) groups excluding carboxylic acids is 1. The maximum atomic E-state index is 13.1. The van der Waals surface area contributed by atoms with Crippen molar-refractivity contribution in [1.82, 2.24) is 15.3 Å². The van der Waals surface area contributed by atoms with Gasteiger partial charge in [-0.05, 0) is 48.4 Å². The molecule has 0 saturated heterocycles. The van der Waals surface area contributed by atoms with Crippen LogP contribution < -0.4 is 14.8 Å². The summed E-state index contributed by atoms with van der Waals surface area (Å²) in [5.74, 6) is -0.0742. The summed E-state index contributed by atoms with van der Waals surface area (Å²) >= 11 is 0. The minimum absolute atomic E-state index is 0.0431. The average molecular weight is 449 g/mol. The molecule has 0 unspecified atom stereocenters. The fraction of sp³-hybridized carbons (Fsp3) is 0.160. The zero-order chi connectivity index (χ0) is 23.2. The van der Waals surface area contributed by atoms with E-state index in [1.807, 2.05) is 36.4 Å². The second kappa shape index (κ2) is 10.0. The lowest BCUT2D eigenvalue weighted by Crippen LogP contribution is -2.26. The number of methoxy groups -OCH3 is 1. The number of benzene rings is 2. The number of nitrogens with zero attached hydrogens (tertiary/aromatic N) is 2. The molecule has 0 spiro atoms. The van der Waals surface area contributed by atoms with Gasteiger partial charge in [0.15, 0.2) is 11.5 Å². The largest absolute Gasteiger partial charge is 0.493 e. The highest BCUT2D eigenvalue weighted by atomic mass is 19.3. The molecule has 0 aliphatic heterocycles. The van der Waals surface area contributed by atoms with E-state index in [1.165, 1.54) is 13.2 Å². The first-order chi connectivity index (χ1) is 16.0. The van der Waals surface area contributed by atoms with Crippen molar-refractivity contribution >= 4 is 16.8 Å². The Morgan fingerprint density at radius 3 is 2.58 bits per heavy atom. The van der Waals surface area contributed by atoms with Gasteiger partial charge in [0.05, 0.1) is 23.9 Å². The third-order valence-corrected chi connectivity index (χ3v) is 5.08. The van der Waals surface area contributed by atoms with E-state index in [1.54, 1.807) is 30.6 Å². The van der Waals surface area contributed by atoms with Crippen molar-refractivity contribution in [3.05, 3.63) is 84.2 Å². The molecule has 168 valence electrons. The zero-order valence-electron chi connectivity index (χ0n) is 17.8. The highest BCUT2D eigenvalue weighted by Crippen LogP contribution is 2.29. The van der Waals surface area contributed by atoms with Crippen LogP contribution in [-0.2, 0) is 6.42 Å². The molecule has 2 aromatic carbocycles. The van der Waals surface area contributed by atoms with Gasteiger partial charge in [0.1, 0.15) is 0 Å². The van der Waals surface area contributed by atoms with Gasteiger partial charge in [-0.25, -0.2) is 4.98 Å². The summed E-state index contributed by atoms with van der Waals surface area (Å²) < 4.78 is 34.9. The molecule has 0 saturated carbocycles. The summed E-state index contributed by atoms with van der Waals surface area (Å²) in [5, 5.41) is 3.65. The van der Waals surface area contributed by atoms with Gasteiger partial charge in [0.2, 0.25) is 0 Å². The lowest BCUT2D eigenvalue weighted by Gasteiger charge is -2.13. The van der Waals surface area contributed by atoms with Crippen LogP contribution in [0.3, 0.4) is 0 Å². The van der Waals surface area contributed by atoms with Crippen molar-refractivity contribution in [3.8, 4) is 22.8 Å². The Morgan fingerprint density at radius 1 is 1.03 bits per heavy atom. The van der Waals surface area contributed by atoms with E-state index in [2.05, 4.69) is 20.0 Å². The normalized spacial score (nSPS) is 10.9. The molecule has 0 aliphatic rings. The van der Waals surface area contributed by atoms with Crippen LogP contribution in [0.4, 0.5) is 8.78 Å². The van der Waals surface area contributed by atoms with Crippen LogP contribution in [0.2, 0.25) is 0 Å². The van der Waals surface area contributed by atoms with Crippen LogP contribution in [0.1, 0.15) is 15.9 Å². The summed E-state index contributed by atoms with van der Waals surface area (Å²) in [4.78, 5) is 21.7. The van der Waals surface area contributed by atoms with Crippen LogP contribution in [0.15, 0.2) is 73.1 Å². The van der Waals surface area contributed by atoms with E-state index < -0.39 is 6.61 Å². The van der Waals surface area contributed by atoms with Crippen molar-refractivity contribution in [2.24, 2.45) is 0 Å². The lowest BCUT2D eigenvalue weighted by atomic mass is 10.0. The average Bonchev–Trinajstić information content (AvgIpc) is 2.83. The molecule has 4 rings (SSSR count). The van der Waals surface area contributed by atoms with E-state index in [4.69, 9.17) is 4.74 Å². The number of amides is 1. The standard InChI is InChI=1S/C25H21F2N3O3/c1-32-22-7-6-16(14-23(22)33-25(26)27)8-13-29-24(31)19-15-21(17-9-11-28-12-10-17)30-20-5-3-2-4-18(19)20/h2-7,9-12,14-15,25H,8,13H2,1H3,(H,29,31). The molecule has 2 aromatic heterocycles. The number of carbonyl (C=O) groups is 1. The molecule has 0 fully saturated rings. The molecule has 6 nitrogen and oxygen atoms in total. The fourth-order valence-corrected chi connectivity index (χ4v) is 3.51. The Kier molecular flexibility index (Phi) is 6.73. The monoisotopic (exact) mass is 449 g/mol. The number of halogens is 2. The Bertz CT molecular complexity index is 1270. The van der Waals surface area contributed by atoms with Crippen molar-refractivity contribution in [2.45, 2.75) is 13.0 Å². The Labute approximate surface area is 189 Å². The Hall–Kier alpha value is -4.07. The molecule has 33 heavy (non-hydrogen) atoms. The first-order valence-corrected chi connectivity index (χ1v) is 10.3. The molecule has 8 heteroatoms. The number of nitrogens with one attached hydrogen (secondary N) is 1. The van der Waals surface area contributed by atoms with E-state index in [9.17, 15) is 13.6 Å². The molecule has 1 N–H and O–H groups in total. The molecule has 4 aromatic rings. The predicted molar refractivity (Wildman–Crippen MR) is 121 cm³/mol. The summed E-state index contributed by atoms with van der Waals surface area (Å²) in [5.41, 5.74) is 3.47. The molecule has 0 aliphatic carbocycles. The smallest absolute Gasteiger partial charge is 0.387 e. The van der Waals surface area contributed by atoms with Gasteiger partial charge in [-0.15, -0.1) is 0 Å². The van der Waals surface area contributed by atoms with Gasteiger partial charge in [-0.2, -0.15) is 8.78 Å². The van der Waals surface area contributed by atoms with Gasteiger partial charge >= 0.3 is 6.61 Å². The van der Waals surface area contributed by atoms with Gasteiger partial charge < -0.3 is 14.8 Å². The number of para-hydroxylation sites is 1. The fourth-order valence-electron chi connectivity index (χ4n) is 3.51. The van der Waals surface area contributed by atoms with Crippen LogP contribution in [-0.4, -0.2) is 36.1 Å². The molecule has 0 atom stereocenters. The van der Waals surface area contributed by atoms with Crippen LogP contribution in [0.25, 0.3) is 22.2 Å². The van der Waals surface area contributed by atoms with E-state index >= 15 is 0 Å². The molecule has 2 heterocycles. The van der Waals surface area contributed by atoms with Crippen LogP contribution >= 0.6 is 0 Å². The topological polar surface area (TPSA) is 73.3 Å². The second-order valence-corrected chi connectivity index (χ2v) is 7.18. The summed E-state index contributed by atoms with van der Waals surface area (Å²) in [6.45, 7) is -2.65. The molecule has 1 amide bonds. The minimum atomic E-state index is -2.96. The van der Waals surface area contributed by atoms with E-state index in [-0.39, 0.29) is 17.4 Å². The van der Waals surface area contributed by atoms with E-state index in [0.29, 0.717) is 29.7 Å². The van der Waals surface area contributed by atoms with Crippen molar-refractivity contribution < 1.29 is 23.0 Å². The molecule has 0 radical (unpaired) electrons. The molecular weight excluding hydrogens is 428 g/mol. The second-order valence-electron chi connectivity index (χ2n) is 7.18. The third-order valence-electron chi connectivity index (χ3n) is 5.08. The quantitative estimate of drug-likeness (QED) is 0.415. The SMILES string of the molecule is COc1ccc(CCNC(=O)c2cc(-c3ccncc3)nc3ccccc23)cc1OC(F)F. The third kappa shape index (κ3) is 5.23. The number of pyridine rings is 2. The Morgan fingerprint density at radius 2 is 1.82 bits per heavy atom. The van der Waals surface area contributed by atoms with Crippen molar-refractivity contribution in [2.75, 3.05) is 13.7 Å². The summed E-state index contributed by atoms with van der Waals surface area (Å²) in [7, 11) is 1.38. The van der Waals surface area contributed by atoms with Gasteiger partial charge in [-0.3, -0.25) is 9.78 Å². The lowest BCUT2D eigenvalue weighted by molar-refractivity contribution is -0.0512. The number of hydrogen-bond donors (Lipinski definition) is 1. The highest BCUT2D eigenvalue weighted by Gasteiger charge is 2.15. The summed E-state index contributed by atoms with van der Waals surface area (Å²) in [6.07, 6.45) is 3.77. The van der Waals surface area contributed by atoms with Gasteiger partial charge in [0, 0.05) is 29.9 Å². The Balaban J connectivity index is 1.53. The maximum Gasteiger partial charge on any atom is 0.387 e. The van der Waals surface area contributed by atoms with Crippen LogP contribution in [0.5, 0.6) is 11.5 Å². The number of hydrogen-bond acceptors (Lipinski definition) is 5. The first-order valence-electron chi connectivity index (χ1n) is 10.3. The maximum absolute atomic E-state index is 13.1. The zero-order valence-corrected chi connectivity index (χ0v) is 17.8. The minimum Gasteiger partial charge on any atom is -0.493 e. The van der Waals surface area contributed by atoms with Crippen molar-refractivity contribution in [1.29, 1.82) is 0 Å². The number of fused-ring (bicyclic) bond motifs is 1. The van der Waals surface area contributed by atoms with Crippen LogP contribution in [0, 0.1) is 0 Å². The highest BCUT2D eigenvalue weighted by molar-refractivity contribution is 6.07. The summed E-state index contributed by atoms with van der Waals surface area (Å²) in [6, 6.07) is 17.7. The number of ether oxygens (including phenoxy) is 2. The molecular formula is C25H21F2N3O3. The van der Waals surface area contributed by atoms with Crippen molar-refractivity contribution in [3.63, 3.8) is 0 Å². The predicted octanol–water partition coefficient (Wildman–Crippen LogP) is 4.88. The van der Waals surface area contributed by atoms with Gasteiger partial charge in [0.25, 0.3) is 5.91 Å². The molecule has 0 bridgehead atoms. The van der Waals surface area contributed by atoms with E-state index in [0.717, 1.165) is 16.5 Å². The number of rotatable bonds is 8.